The molecule has 0 radical (unpaired) electrons. The number of rotatable bonds is 13. The second kappa shape index (κ2) is 10.9. The first-order valence-electron chi connectivity index (χ1n) is 9.11. The zero-order valence-corrected chi connectivity index (χ0v) is 17.4. The molecule has 1 aliphatic heterocycles. The van der Waals surface area contributed by atoms with Crippen LogP contribution in [0, 0.1) is 0 Å². The van der Waals surface area contributed by atoms with Gasteiger partial charge in [-0.3, -0.25) is 0 Å². The van der Waals surface area contributed by atoms with Gasteiger partial charge in [0.2, 0.25) is 0 Å². The summed E-state index contributed by atoms with van der Waals surface area (Å²) >= 11 is 0. The third-order valence-electron chi connectivity index (χ3n) is 4.03. The Bertz CT molecular complexity index is 387. The Morgan fingerprint density at radius 3 is 2.35 bits per heavy atom. The Labute approximate surface area is 157 Å². The van der Waals surface area contributed by atoms with Crippen LogP contribution in [-0.2, 0) is 38.2 Å². The SMILES string of the molecule is CC[C@@H](OC(C)(C)OC)[C@H](OOC(C)OCCOC)C1COC(C)(C)O1. The van der Waals surface area contributed by atoms with E-state index in [0.29, 0.717) is 26.2 Å². The quantitative estimate of drug-likeness (QED) is 0.209. The summed E-state index contributed by atoms with van der Waals surface area (Å²) in [6.07, 6.45) is -1.05. The maximum atomic E-state index is 6.09. The second-order valence-electron chi connectivity index (χ2n) is 7.12. The van der Waals surface area contributed by atoms with Crippen LogP contribution in [0.4, 0.5) is 0 Å². The third kappa shape index (κ3) is 8.14. The van der Waals surface area contributed by atoms with Gasteiger partial charge in [-0.1, -0.05) is 6.92 Å². The molecule has 26 heavy (non-hydrogen) atoms. The minimum atomic E-state index is -0.766. The van der Waals surface area contributed by atoms with Crippen molar-refractivity contribution in [3.8, 4) is 0 Å². The van der Waals surface area contributed by atoms with E-state index in [-0.39, 0.29) is 12.2 Å². The van der Waals surface area contributed by atoms with Gasteiger partial charge in [-0.05, 0) is 41.0 Å². The van der Waals surface area contributed by atoms with Gasteiger partial charge >= 0.3 is 0 Å². The summed E-state index contributed by atoms with van der Waals surface area (Å²) in [6.45, 7) is 12.5. The van der Waals surface area contributed by atoms with Crippen molar-refractivity contribution in [2.24, 2.45) is 0 Å². The number of methoxy groups -OCH3 is 2. The predicted octanol–water partition coefficient (Wildman–Crippen LogP) is 2.64. The zero-order chi connectivity index (χ0) is 19.8. The number of hydrogen-bond donors (Lipinski definition) is 0. The predicted molar refractivity (Wildman–Crippen MR) is 94.4 cm³/mol. The number of hydrogen-bond acceptors (Lipinski definition) is 8. The van der Waals surface area contributed by atoms with Crippen molar-refractivity contribution < 1.29 is 38.2 Å². The molecule has 1 aliphatic rings. The molecule has 1 saturated heterocycles. The fourth-order valence-electron chi connectivity index (χ4n) is 2.50. The molecule has 0 saturated carbocycles. The molecule has 8 nitrogen and oxygen atoms in total. The lowest BCUT2D eigenvalue weighted by atomic mass is 10.1. The lowest BCUT2D eigenvalue weighted by Gasteiger charge is -2.35. The van der Waals surface area contributed by atoms with Gasteiger partial charge in [-0.15, -0.1) is 0 Å². The fourth-order valence-corrected chi connectivity index (χ4v) is 2.50. The van der Waals surface area contributed by atoms with Crippen LogP contribution in [0.5, 0.6) is 0 Å². The molecule has 1 rings (SSSR count). The van der Waals surface area contributed by atoms with Crippen molar-refractivity contribution in [1.29, 1.82) is 0 Å². The van der Waals surface area contributed by atoms with Gasteiger partial charge < -0.3 is 28.4 Å². The summed E-state index contributed by atoms with van der Waals surface area (Å²) in [5, 5.41) is 0. The molecule has 0 aromatic heterocycles. The smallest absolute Gasteiger partial charge is 0.188 e. The van der Waals surface area contributed by atoms with E-state index in [1.54, 1.807) is 21.1 Å². The van der Waals surface area contributed by atoms with Gasteiger partial charge in [-0.2, -0.15) is 0 Å². The maximum Gasteiger partial charge on any atom is 0.188 e. The minimum Gasteiger partial charge on any atom is -0.382 e. The Kier molecular flexibility index (Phi) is 9.92. The Balaban J connectivity index is 2.74. The molecular formula is C18H36O8. The van der Waals surface area contributed by atoms with Gasteiger partial charge in [0, 0.05) is 14.2 Å². The lowest BCUT2D eigenvalue weighted by Crippen LogP contribution is -2.47. The summed E-state index contributed by atoms with van der Waals surface area (Å²) in [5.41, 5.74) is 0. The summed E-state index contributed by atoms with van der Waals surface area (Å²) in [4.78, 5) is 11.1. The van der Waals surface area contributed by atoms with E-state index < -0.39 is 24.0 Å². The van der Waals surface area contributed by atoms with Crippen LogP contribution in [0.3, 0.4) is 0 Å². The van der Waals surface area contributed by atoms with Crippen molar-refractivity contribution >= 4 is 0 Å². The molecule has 0 N–H and O–H groups in total. The lowest BCUT2D eigenvalue weighted by molar-refractivity contribution is -0.420. The van der Waals surface area contributed by atoms with Crippen LogP contribution in [0.1, 0.15) is 48.0 Å². The molecule has 0 bridgehead atoms. The van der Waals surface area contributed by atoms with Crippen LogP contribution in [0.15, 0.2) is 0 Å². The summed E-state index contributed by atoms with van der Waals surface area (Å²) in [7, 11) is 3.21. The maximum absolute atomic E-state index is 6.09. The average molecular weight is 380 g/mol. The normalized spacial score (nSPS) is 23.8. The van der Waals surface area contributed by atoms with E-state index in [1.807, 2.05) is 34.6 Å². The highest BCUT2D eigenvalue weighted by molar-refractivity contribution is 4.84. The van der Waals surface area contributed by atoms with E-state index in [1.165, 1.54) is 0 Å². The first-order chi connectivity index (χ1) is 12.1. The van der Waals surface area contributed by atoms with Crippen LogP contribution in [0.25, 0.3) is 0 Å². The molecule has 4 atom stereocenters. The minimum absolute atomic E-state index is 0.321. The first-order valence-corrected chi connectivity index (χ1v) is 9.11. The van der Waals surface area contributed by atoms with Crippen LogP contribution in [0.2, 0.25) is 0 Å². The molecule has 2 unspecified atom stereocenters. The summed E-state index contributed by atoms with van der Waals surface area (Å²) < 4.78 is 33.5. The molecule has 8 heteroatoms. The van der Waals surface area contributed by atoms with Gasteiger partial charge in [0.05, 0.1) is 25.9 Å². The molecule has 0 aliphatic carbocycles. The molecule has 0 spiro atoms. The first kappa shape index (κ1) is 23.7. The highest BCUT2D eigenvalue weighted by Crippen LogP contribution is 2.30. The van der Waals surface area contributed by atoms with Crippen LogP contribution < -0.4 is 0 Å². The Morgan fingerprint density at radius 1 is 1.15 bits per heavy atom. The van der Waals surface area contributed by atoms with Gasteiger partial charge in [0.25, 0.3) is 0 Å². The average Bonchev–Trinajstić information content (AvgIpc) is 2.93. The monoisotopic (exact) mass is 380 g/mol. The van der Waals surface area contributed by atoms with Crippen molar-refractivity contribution in [2.45, 2.75) is 84.1 Å². The summed E-state index contributed by atoms with van der Waals surface area (Å²) in [5.74, 6) is -1.44. The van der Waals surface area contributed by atoms with E-state index >= 15 is 0 Å². The summed E-state index contributed by atoms with van der Waals surface area (Å²) in [6, 6.07) is 0. The van der Waals surface area contributed by atoms with Gasteiger partial charge in [-0.25, -0.2) is 9.78 Å². The van der Waals surface area contributed by atoms with E-state index in [2.05, 4.69) is 0 Å². The van der Waals surface area contributed by atoms with Crippen molar-refractivity contribution in [2.75, 3.05) is 34.0 Å². The van der Waals surface area contributed by atoms with Gasteiger partial charge in [0.1, 0.15) is 12.2 Å². The van der Waals surface area contributed by atoms with Crippen molar-refractivity contribution in [3.05, 3.63) is 0 Å². The molecule has 1 heterocycles. The molecule has 0 aromatic rings. The standard InChI is InChI=1S/C18H36O8/c1-9-14(23-17(3,4)20-8)16(15-12-22-18(5,6)24-15)26-25-13(2)21-11-10-19-7/h13-16H,9-12H2,1-8H3/t13?,14-,15?,16+/m1/s1. The molecule has 156 valence electrons. The largest absolute Gasteiger partial charge is 0.382 e. The van der Waals surface area contributed by atoms with Gasteiger partial charge in [0.15, 0.2) is 17.9 Å². The van der Waals surface area contributed by atoms with E-state index in [0.717, 1.165) is 0 Å². The Hall–Kier alpha value is -0.320. The van der Waals surface area contributed by atoms with E-state index in [4.69, 9.17) is 38.2 Å². The van der Waals surface area contributed by atoms with Crippen LogP contribution >= 0.6 is 0 Å². The highest BCUT2D eigenvalue weighted by Gasteiger charge is 2.43. The zero-order valence-electron chi connectivity index (χ0n) is 17.4. The molecule has 0 aromatic carbocycles. The van der Waals surface area contributed by atoms with E-state index in [9.17, 15) is 0 Å². The highest BCUT2D eigenvalue weighted by atomic mass is 17.2. The fraction of sp³-hybridized carbons (Fsp3) is 1.00. The third-order valence-corrected chi connectivity index (χ3v) is 4.03. The van der Waals surface area contributed by atoms with Crippen LogP contribution in [-0.4, -0.2) is 70.2 Å². The second-order valence-corrected chi connectivity index (χ2v) is 7.12. The number of ether oxygens (including phenoxy) is 6. The molecular weight excluding hydrogens is 344 g/mol. The topological polar surface area (TPSA) is 73.8 Å². The molecule has 0 amide bonds. The van der Waals surface area contributed by atoms with Crippen molar-refractivity contribution in [3.63, 3.8) is 0 Å². The van der Waals surface area contributed by atoms with Crippen molar-refractivity contribution in [1.82, 2.24) is 0 Å². The Morgan fingerprint density at radius 2 is 1.85 bits per heavy atom. The molecule has 1 fully saturated rings.